The van der Waals surface area contributed by atoms with Crippen LogP contribution in [0.2, 0.25) is 0 Å². The van der Waals surface area contributed by atoms with Crippen LogP contribution in [0, 0.1) is 11.8 Å². The zero-order valence-corrected chi connectivity index (χ0v) is 22.9. The van der Waals surface area contributed by atoms with Gasteiger partial charge in [-0.15, -0.1) is 0 Å². The average molecular weight is 589 g/mol. The second-order valence-electron chi connectivity index (χ2n) is 11.1. The van der Waals surface area contributed by atoms with E-state index >= 15 is 0 Å². The van der Waals surface area contributed by atoms with Gasteiger partial charge in [0.15, 0.2) is 35.6 Å². The molecule has 3 saturated heterocycles. The molecule has 4 heterocycles. The zero-order valence-electron chi connectivity index (χ0n) is 22.9. The van der Waals surface area contributed by atoms with E-state index in [-0.39, 0.29) is 37.1 Å². The third-order valence-electron chi connectivity index (χ3n) is 8.81. The molecule has 3 fully saturated rings. The Balaban J connectivity index is 1.32. The van der Waals surface area contributed by atoms with E-state index in [0.717, 1.165) is 0 Å². The molecular formula is C29H32O13. The van der Waals surface area contributed by atoms with E-state index in [9.17, 15) is 25.2 Å². The first-order valence-electron chi connectivity index (χ1n) is 13.8. The molecule has 0 saturated carbocycles. The van der Waals surface area contributed by atoms with Crippen LogP contribution in [0.1, 0.15) is 41.2 Å². The van der Waals surface area contributed by atoms with Gasteiger partial charge in [-0.1, -0.05) is 0 Å². The minimum absolute atomic E-state index is 0.0170. The van der Waals surface area contributed by atoms with Crippen molar-refractivity contribution in [3.8, 4) is 23.0 Å². The van der Waals surface area contributed by atoms with E-state index in [0.29, 0.717) is 28.2 Å². The van der Waals surface area contributed by atoms with Crippen LogP contribution in [0.15, 0.2) is 24.3 Å². The summed E-state index contributed by atoms with van der Waals surface area (Å²) in [5.41, 5.74) is 2.17. The zero-order chi connectivity index (χ0) is 29.3. The molecule has 13 heteroatoms. The molecule has 0 amide bonds. The summed E-state index contributed by atoms with van der Waals surface area (Å²) in [6.07, 6.45) is -6.87. The molecule has 0 radical (unpaired) electrons. The number of hydrogen-bond acceptors (Lipinski definition) is 13. The van der Waals surface area contributed by atoms with Gasteiger partial charge in [0.25, 0.3) is 0 Å². The van der Waals surface area contributed by atoms with Gasteiger partial charge in [-0.3, -0.25) is 4.79 Å². The van der Waals surface area contributed by atoms with Crippen LogP contribution in [0.4, 0.5) is 0 Å². The van der Waals surface area contributed by atoms with Crippen molar-refractivity contribution in [1.82, 2.24) is 0 Å². The summed E-state index contributed by atoms with van der Waals surface area (Å²) in [6, 6.07) is 6.83. The lowest BCUT2D eigenvalue weighted by Crippen LogP contribution is -2.63. The van der Waals surface area contributed by atoms with E-state index in [1.54, 1.807) is 31.2 Å². The van der Waals surface area contributed by atoms with Gasteiger partial charge in [-0.25, -0.2) is 0 Å². The highest BCUT2D eigenvalue weighted by Crippen LogP contribution is 2.56. The van der Waals surface area contributed by atoms with Crippen LogP contribution in [-0.4, -0.2) is 90.5 Å². The Morgan fingerprint density at radius 2 is 1.74 bits per heavy atom. The number of cyclic esters (lactones) is 1. The number of methoxy groups -OCH3 is 1. The Kier molecular flexibility index (Phi) is 6.93. The van der Waals surface area contributed by atoms with E-state index < -0.39 is 73.4 Å². The van der Waals surface area contributed by atoms with Crippen molar-refractivity contribution >= 4 is 5.97 Å². The van der Waals surface area contributed by atoms with Gasteiger partial charge in [0.1, 0.15) is 24.4 Å². The number of rotatable bonds is 5. The van der Waals surface area contributed by atoms with Gasteiger partial charge in [-0.05, 0) is 47.9 Å². The summed E-state index contributed by atoms with van der Waals surface area (Å²) in [5.74, 6) is -1.40. The normalized spacial score (nSPS) is 36.5. The Hall–Kier alpha value is -3.17. The molecule has 0 spiro atoms. The first-order chi connectivity index (χ1) is 20.3. The number of phenols is 1. The van der Waals surface area contributed by atoms with Crippen LogP contribution in [0.5, 0.6) is 23.0 Å². The van der Waals surface area contributed by atoms with Crippen molar-refractivity contribution in [1.29, 1.82) is 0 Å². The number of aliphatic hydroxyl groups excluding tert-OH is 3. The standard InChI is InChI=1S/C29H32O13/c1-11-36-9-20-27(40-11)24(32)25(33)29(41-20)42-26-15-6-18-17(38-10-39-18)5-14(15)21(22-16(26)8-37-28(22)34)12-3-13(7-30)23(31)19(4-12)35-2/h3-6,11,16,20-22,24-27,29-33H,7-10H2,1-2H3/t11-,16+,20-,21-,22+,24-,25-,26-,27-,29+/m1/s1. The predicted octanol–water partition coefficient (Wildman–Crippen LogP) is 0.822. The molecule has 4 aliphatic heterocycles. The summed E-state index contributed by atoms with van der Waals surface area (Å²) >= 11 is 0. The van der Waals surface area contributed by atoms with Crippen molar-refractivity contribution in [2.45, 2.75) is 62.5 Å². The van der Waals surface area contributed by atoms with Crippen molar-refractivity contribution in [2.75, 3.05) is 27.1 Å². The Labute approximate surface area is 240 Å². The molecule has 2 aromatic carbocycles. The van der Waals surface area contributed by atoms with Gasteiger partial charge in [0, 0.05) is 17.4 Å². The summed E-state index contributed by atoms with van der Waals surface area (Å²) in [6.45, 7) is 1.43. The lowest BCUT2D eigenvalue weighted by Gasteiger charge is -2.47. The summed E-state index contributed by atoms with van der Waals surface area (Å²) in [4.78, 5) is 13.4. The SMILES string of the molecule is COc1cc([C@@H]2c3cc4c(cc3[C@@H](O[C@@H]3O[C@@H]5CO[C@@H](C)O[C@H]5[C@H](O)[C@H]3O)[C@H]3COC(=O)[C@H]23)OCO4)cc(CO)c1O. The van der Waals surface area contributed by atoms with E-state index in [2.05, 4.69) is 0 Å². The van der Waals surface area contributed by atoms with Crippen LogP contribution in [0.25, 0.3) is 0 Å². The Morgan fingerprint density at radius 3 is 2.48 bits per heavy atom. The van der Waals surface area contributed by atoms with Gasteiger partial charge in [-0.2, -0.15) is 0 Å². The number of fused-ring (bicyclic) bond motifs is 4. The fourth-order valence-electron chi connectivity index (χ4n) is 6.79. The van der Waals surface area contributed by atoms with E-state index in [1.165, 1.54) is 7.11 Å². The summed E-state index contributed by atoms with van der Waals surface area (Å²) < 4.78 is 46.0. The Morgan fingerprint density at radius 1 is 0.976 bits per heavy atom. The van der Waals surface area contributed by atoms with Gasteiger partial charge in [0.2, 0.25) is 6.79 Å². The smallest absolute Gasteiger partial charge is 0.310 e. The lowest BCUT2D eigenvalue weighted by atomic mass is 9.66. The number of esters is 1. The summed E-state index contributed by atoms with van der Waals surface area (Å²) in [5, 5.41) is 42.4. The van der Waals surface area contributed by atoms with Crippen LogP contribution in [0.3, 0.4) is 0 Å². The molecule has 226 valence electrons. The van der Waals surface area contributed by atoms with Crippen LogP contribution >= 0.6 is 0 Å². The second-order valence-corrected chi connectivity index (χ2v) is 11.1. The monoisotopic (exact) mass is 588 g/mol. The molecule has 13 nitrogen and oxygen atoms in total. The first-order valence-corrected chi connectivity index (χ1v) is 13.8. The number of aromatic hydroxyl groups is 1. The molecule has 7 rings (SSSR count). The van der Waals surface area contributed by atoms with Gasteiger partial charge >= 0.3 is 5.97 Å². The van der Waals surface area contributed by atoms with Crippen molar-refractivity contribution in [3.05, 3.63) is 46.5 Å². The molecule has 10 atom stereocenters. The molecule has 42 heavy (non-hydrogen) atoms. The van der Waals surface area contributed by atoms with Crippen molar-refractivity contribution in [3.63, 3.8) is 0 Å². The minimum Gasteiger partial charge on any atom is -0.504 e. The highest BCUT2D eigenvalue weighted by Gasteiger charge is 2.56. The molecule has 0 bridgehead atoms. The first kappa shape index (κ1) is 27.7. The van der Waals surface area contributed by atoms with E-state index in [1.807, 2.05) is 0 Å². The van der Waals surface area contributed by atoms with Crippen molar-refractivity contribution in [2.24, 2.45) is 11.8 Å². The fourth-order valence-corrected chi connectivity index (χ4v) is 6.79. The highest BCUT2D eigenvalue weighted by atomic mass is 16.8. The molecular weight excluding hydrogens is 556 g/mol. The number of ether oxygens (including phenoxy) is 8. The minimum atomic E-state index is -1.45. The van der Waals surface area contributed by atoms with Crippen LogP contribution in [-0.2, 0) is 35.1 Å². The number of carbonyl (C=O) groups is 1. The molecule has 0 aromatic heterocycles. The molecule has 5 aliphatic rings. The summed E-state index contributed by atoms with van der Waals surface area (Å²) in [7, 11) is 1.40. The maximum atomic E-state index is 13.4. The average Bonchev–Trinajstić information content (AvgIpc) is 3.61. The molecule has 2 aromatic rings. The quantitative estimate of drug-likeness (QED) is 0.362. The second kappa shape index (κ2) is 10.5. The topological polar surface area (TPSA) is 172 Å². The van der Waals surface area contributed by atoms with Crippen molar-refractivity contribution < 1.29 is 63.1 Å². The number of aliphatic hydroxyl groups is 3. The molecule has 0 unspecified atom stereocenters. The fraction of sp³-hybridized carbons (Fsp3) is 0.552. The predicted molar refractivity (Wildman–Crippen MR) is 138 cm³/mol. The number of carbonyl (C=O) groups excluding carboxylic acids is 1. The van der Waals surface area contributed by atoms with E-state index in [4.69, 9.17) is 37.9 Å². The molecule has 1 aliphatic carbocycles. The van der Waals surface area contributed by atoms with Gasteiger partial charge < -0.3 is 58.3 Å². The number of benzene rings is 2. The maximum Gasteiger partial charge on any atom is 0.310 e. The van der Waals surface area contributed by atoms with Gasteiger partial charge in [0.05, 0.1) is 39.0 Å². The van der Waals surface area contributed by atoms with Crippen LogP contribution < -0.4 is 14.2 Å². The highest BCUT2D eigenvalue weighted by molar-refractivity contribution is 5.79. The largest absolute Gasteiger partial charge is 0.504 e. The maximum absolute atomic E-state index is 13.4. The Bertz CT molecular complexity index is 1350. The third kappa shape index (κ3) is 4.30. The molecule has 4 N–H and O–H groups in total. The lowest BCUT2D eigenvalue weighted by molar-refractivity contribution is -0.364. The number of hydrogen-bond donors (Lipinski definition) is 4. The third-order valence-corrected chi connectivity index (χ3v) is 8.81.